The van der Waals surface area contributed by atoms with Gasteiger partial charge in [-0.3, -0.25) is 4.79 Å². The van der Waals surface area contributed by atoms with Gasteiger partial charge in [-0.15, -0.1) is 0 Å². The lowest BCUT2D eigenvalue weighted by molar-refractivity contribution is 0.0524. The molecule has 0 bridgehead atoms. The van der Waals surface area contributed by atoms with Crippen molar-refractivity contribution in [2.45, 2.75) is 13.8 Å². The van der Waals surface area contributed by atoms with Crippen LogP contribution in [-0.4, -0.2) is 17.6 Å². The van der Waals surface area contributed by atoms with Gasteiger partial charge in [0.2, 0.25) is 0 Å². The highest BCUT2D eigenvalue weighted by Crippen LogP contribution is 1.95. The van der Waals surface area contributed by atoms with Crippen molar-refractivity contribution in [3.63, 3.8) is 0 Å². The summed E-state index contributed by atoms with van der Waals surface area (Å²) in [7, 11) is 0. The Morgan fingerprint density at radius 1 is 1.54 bits per heavy atom. The Morgan fingerprint density at radius 3 is 2.85 bits per heavy atom. The maximum Gasteiger partial charge on any atom is 0.343 e. The first-order chi connectivity index (χ1) is 6.16. The number of rotatable bonds is 2. The molecule has 0 unspecified atom stereocenters. The second-order valence-corrected chi connectivity index (χ2v) is 2.60. The van der Waals surface area contributed by atoms with E-state index in [-0.39, 0.29) is 17.6 Å². The number of aromatic nitrogens is 1. The molecule has 4 heteroatoms. The largest absolute Gasteiger partial charge is 0.462 e. The highest BCUT2D eigenvalue weighted by atomic mass is 16.5. The number of carbonyl (C=O) groups is 1. The van der Waals surface area contributed by atoms with Crippen LogP contribution in [-0.2, 0) is 4.74 Å². The zero-order chi connectivity index (χ0) is 9.84. The lowest BCUT2D eigenvalue weighted by Crippen LogP contribution is -2.19. The van der Waals surface area contributed by atoms with Crippen molar-refractivity contribution in [1.82, 2.24) is 4.98 Å². The first kappa shape index (κ1) is 9.51. The topological polar surface area (TPSA) is 59.2 Å². The van der Waals surface area contributed by atoms with Crippen LogP contribution in [0.2, 0.25) is 0 Å². The summed E-state index contributed by atoms with van der Waals surface area (Å²) in [6, 6.07) is 0. The van der Waals surface area contributed by atoms with Crippen LogP contribution in [0.15, 0.2) is 17.2 Å². The number of hydrogen-bond donors (Lipinski definition) is 1. The molecule has 0 spiro atoms. The van der Waals surface area contributed by atoms with E-state index in [1.165, 1.54) is 6.20 Å². The quantitative estimate of drug-likeness (QED) is 0.688. The van der Waals surface area contributed by atoms with Crippen LogP contribution in [0.5, 0.6) is 0 Å². The Hall–Kier alpha value is -1.58. The van der Waals surface area contributed by atoms with Gasteiger partial charge >= 0.3 is 5.97 Å². The maximum atomic E-state index is 11.4. The molecular weight excluding hydrogens is 170 g/mol. The summed E-state index contributed by atoms with van der Waals surface area (Å²) in [6.07, 6.45) is 2.90. The van der Waals surface area contributed by atoms with Crippen LogP contribution >= 0.6 is 0 Å². The van der Waals surface area contributed by atoms with Crippen LogP contribution in [0.25, 0.3) is 0 Å². The molecule has 0 radical (unpaired) electrons. The van der Waals surface area contributed by atoms with E-state index >= 15 is 0 Å². The zero-order valence-corrected chi connectivity index (χ0v) is 7.59. The van der Waals surface area contributed by atoms with E-state index in [1.54, 1.807) is 20.0 Å². The molecule has 1 N–H and O–H groups in total. The van der Waals surface area contributed by atoms with Gasteiger partial charge in [-0.05, 0) is 13.8 Å². The average molecular weight is 181 g/mol. The number of esters is 1. The van der Waals surface area contributed by atoms with Crippen LogP contribution in [0.1, 0.15) is 22.8 Å². The van der Waals surface area contributed by atoms with Crippen molar-refractivity contribution in [1.29, 1.82) is 0 Å². The molecule has 70 valence electrons. The SMILES string of the molecule is CCOC(=O)c1c[nH]cc(C)c1=O. The van der Waals surface area contributed by atoms with E-state index in [0.29, 0.717) is 5.56 Å². The van der Waals surface area contributed by atoms with E-state index in [0.717, 1.165) is 0 Å². The van der Waals surface area contributed by atoms with Gasteiger partial charge in [0.25, 0.3) is 0 Å². The molecule has 0 aliphatic rings. The van der Waals surface area contributed by atoms with Crippen LogP contribution in [0, 0.1) is 6.92 Å². The molecule has 1 aromatic rings. The Bertz CT molecular complexity index is 367. The monoisotopic (exact) mass is 181 g/mol. The maximum absolute atomic E-state index is 11.4. The zero-order valence-electron chi connectivity index (χ0n) is 7.59. The van der Waals surface area contributed by atoms with Crippen LogP contribution in [0.4, 0.5) is 0 Å². The lowest BCUT2D eigenvalue weighted by Gasteiger charge is -2.00. The Morgan fingerprint density at radius 2 is 2.23 bits per heavy atom. The summed E-state index contributed by atoms with van der Waals surface area (Å²) in [5.41, 5.74) is 0.282. The molecule has 0 aromatic carbocycles. The molecule has 13 heavy (non-hydrogen) atoms. The van der Waals surface area contributed by atoms with Gasteiger partial charge in [-0.2, -0.15) is 0 Å². The van der Waals surface area contributed by atoms with E-state index in [2.05, 4.69) is 4.98 Å². The van der Waals surface area contributed by atoms with Crippen molar-refractivity contribution in [3.05, 3.63) is 33.7 Å². The van der Waals surface area contributed by atoms with Crippen molar-refractivity contribution in [2.75, 3.05) is 6.61 Å². The first-order valence-corrected chi connectivity index (χ1v) is 4.01. The third-order valence-corrected chi connectivity index (χ3v) is 1.63. The van der Waals surface area contributed by atoms with Crippen LogP contribution < -0.4 is 5.43 Å². The van der Waals surface area contributed by atoms with Gasteiger partial charge in [0.05, 0.1) is 6.61 Å². The van der Waals surface area contributed by atoms with Crippen molar-refractivity contribution < 1.29 is 9.53 Å². The molecule has 4 nitrogen and oxygen atoms in total. The fourth-order valence-electron chi connectivity index (χ4n) is 0.954. The smallest absolute Gasteiger partial charge is 0.343 e. The summed E-state index contributed by atoms with van der Waals surface area (Å²) in [5.74, 6) is -0.576. The number of H-pyrrole nitrogens is 1. The lowest BCUT2D eigenvalue weighted by atomic mass is 10.2. The average Bonchev–Trinajstić information content (AvgIpc) is 2.10. The predicted molar refractivity (Wildman–Crippen MR) is 47.8 cm³/mol. The number of pyridine rings is 1. The van der Waals surface area contributed by atoms with Gasteiger partial charge in [0.15, 0.2) is 5.43 Å². The summed E-state index contributed by atoms with van der Waals surface area (Å²) in [5, 5.41) is 0. The van der Waals surface area contributed by atoms with Crippen molar-refractivity contribution in [2.24, 2.45) is 0 Å². The van der Waals surface area contributed by atoms with Gasteiger partial charge in [-0.25, -0.2) is 4.79 Å². The fourth-order valence-corrected chi connectivity index (χ4v) is 0.954. The van der Waals surface area contributed by atoms with E-state index in [4.69, 9.17) is 4.74 Å². The van der Waals surface area contributed by atoms with Gasteiger partial charge in [-0.1, -0.05) is 0 Å². The number of carbonyl (C=O) groups excluding carboxylic acids is 1. The van der Waals surface area contributed by atoms with E-state index < -0.39 is 5.97 Å². The number of nitrogens with one attached hydrogen (secondary N) is 1. The summed E-state index contributed by atoms with van der Waals surface area (Å²) in [6.45, 7) is 3.61. The second kappa shape index (κ2) is 3.89. The molecule has 0 atom stereocenters. The minimum atomic E-state index is -0.576. The molecule has 0 aliphatic heterocycles. The third kappa shape index (κ3) is 1.96. The number of aryl methyl sites for hydroxylation is 1. The molecule has 0 fully saturated rings. The van der Waals surface area contributed by atoms with E-state index in [9.17, 15) is 9.59 Å². The third-order valence-electron chi connectivity index (χ3n) is 1.63. The molecule has 1 rings (SSSR count). The molecule has 1 aromatic heterocycles. The highest BCUT2D eigenvalue weighted by Gasteiger charge is 2.11. The summed E-state index contributed by atoms with van der Waals surface area (Å²) >= 11 is 0. The Balaban J connectivity index is 3.08. The standard InChI is InChI=1S/C9H11NO3/c1-3-13-9(12)7-5-10-4-6(2)8(7)11/h4-5H,3H2,1-2H3,(H,10,11). The predicted octanol–water partition coefficient (Wildman–Crippen LogP) is 0.860. The van der Waals surface area contributed by atoms with Crippen molar-refractivity contribution in [3.8, 4) is 0 Å². The highest BCUT2D eigenvalue weighted by molar-refractivity contribution is 5.89. The Kier molecular flexibility index (Phi) is 2.84. The van der Waals surface area contributed by atoms with Gasteiger partial charge in [0, 0.05) is 18.0 Å². The van der Waals surface area contributed by atoms with Crippen LogP contribution in [0.3, 0.4) is 0 Å². The van der Waals surface area contributed by atoms with Gasteiger partial charge < -0.3 is 9.72 Å². The minimum Gasteiger partial charge on any atom is -0.462 e. The van der Waals surface area contributed by atoms with Gasteiger partial charge in [0.1, 0.15) is 5.56 Å². The second-order valence-electron chi connectivity index (χ2n) is 2.60. The fraction of sp³-hybridized carbons (Fsp3) is 0.333. The molecule has 1 heterocycles. The summed E-state index contributed by atoms with van der Waals surface area (Å²) in [4.78, 5) is 25.2. The summed E-state index contributed by atoms with van der Waals surface area (Å²) < 4.78 is 4.70. The van der Waals surface area contributed by atoms with E-state index in [1.807, 2.05) is 0 Å². The number of ether oxygens (including phenoxy) is 1. The number of aromatic amines is 1. The minimum absolute atomic E-state index is 0.0573. The normalized spacial score (nSPS) is 9.69. The molecule has 0 saturated carbocycles. The molecular formula is C9H11NO3. The number of hydrogen-bond acceptors (Lipinski definition) is 3. The first-order valence-electron chi connectivity index (χ1n) is 4.01. The molecule has 0 aliphatic carbocycles. The Labute approximate surface area is 75.5 Å². The molecule has 0 amide bonds. The molecule has 0 saturated heterocycles. The van der Waals surface area contributed by atoms with Crippen molar-refractivity contribution >= 4 is 5.97 Å².